The summed E-state index contributed by atoms with van der Waals surface area (Å²) in [7, 11) is 0. The number of rotatable bonds is 15. The number of hydrogen-bond donors (Lipinski definition) is 0. The van der Waals surface area contributed by atoms with E-state index in [1.54, 1.807) is 0 Å². The highest BCUT2D eigenvalue weighted by atomic mass is 16.4. The van der Waals surface area contributed by atoms with E-state index in [1.807, 2.05) is 0 Å². The van der Waals surface area contributed by atoms with Gasteiger partial charge >= 0.3 is 0 Å². The van der Waals surface area contributed by atoms with Crippen molar-refractivity contribution >= 4 is 5.97 Å². The molecule has 0 aliphatic carbocycles. The van der Waals surface area contributed by atoms with Crippen molar-refractivity contribution in [2.75, 3.05) is 0 Å². The van der Waals surface area contributed by atoms with Crippen LogP contribution in [0.3, 0.4) is 0 Å². The maximum absolute atomic E-state index is 10.2. The van der Waals surface area contributed by atoms with Crippen LogP contribution in [0.25, 0.3) is 0 Å². The topological polar surface area (TPSA) is 40.1 Å². The maximum Gasteiger partial charge on any atom is 0.0414 e. The number of allylic oxidation sites excluding steroid dienone is 6. The third-order valence-corrected chi connectivity index (χ3v) is 3.49. The Morgan fingerprint density at radius 1 is 0.727 bits per heavy atom. The van der Waals surface area contributed by atoms with Crippen molar-refractivity contribution in [1.29, 1.82) is 0 Å². The second-order valence-electron chi connectivity index (χ2n) is 5.69. The van der Waals surface area contributed by atoms with Crippen molar-refractivity contribution in [1.82, 2.24) is 0 Å². The minimum atomic E-state index is -0.948. The summed E-state index contributed by atoms with van der Waals surface area (Å²) < 4.78 is 0. The van der Waals surface area contributed by atoms with E-state index in [0.717, 1.165) is 25.7 Å². The van der Waals surface area contributed by atoms with Crippen LogP contribution in [0.5, 0.6) is 0 Å². The molecule has 0 fully saturated rings. The standard InChI is InChI=1S/C20H34O2/c1-2-3-4-5-6-7-8-9-10-11-12-13-14-15-16-17-18-19-20(21)22/h6-7,9-10,15-16H,2-5,8,11-14,17-19H2,1H3,(H,21,22)/p-1/b7-6+,10-9+,16-15+. The molecule has 0 bridgehead atoms. The Morgan fingerprint density at radius 2 is 1.18 bits per heavy atom. The van der Waals surface area contributed by atoms with Gasteiger partial charge in [-0.25, -0.2) is 0 Å². The van der Waals surface area contributed by atoms with Gasteiger partial charge in [-0.1, -0.05) is 56.2 Å². The fraction of sp³-hybridized carbons (Fsp3) is 0.650. The molecule has 0 unspecified atom stereocenters. The SMILES string of the molecule is CCCCC/C=C/C/C=C/CCCC/C=C/CCCC(=O)[O-]. The first-order valence-electron chi connectivity index (χ1n) is 8.92. The Labute approximate surface area is 137 Å². The zero-order chi connectivity index (χ0) is 16.3. The number of hydrogen-bond acceptors (Lipinski definition) is 2. The first kappa shape index (κ1) is 20.7. The Balaban J connectivity index is 3.26. The normalized spacial score (nSPS) is 12.0. The van der Waals surface area contributed by atoms with E-state index in [9.17, 15) is 9.90 Å². The van der Waals surface area contributed by atoms with E-state index < -0.39 is 5.97 Å². The van der Waals surface area contributed by atoms with Crippen molar-refractivity contribution in [2.24, 2.45) is 0 Å². The van der Waals surface area contributed by atoms with E-state index in [-0.39, 0.29) is 6.42 Å². The molecular formula is C20H33O2-. The smallest absolute Gasteiger partial charge is 0.0414 e. The molecule has 0 aromatic heterocycles. The lowest BCUT2D eigenvalue weighted by Gasteiger charge is -1.97. The lowest BCUT2D eigenvalue weighted by Crippen LogP contribution is -2.21. The van der Waals surface area contributed by atoms with Crippen LogP contribution in [0.1, 0.15) is 84.0 Å². The molecule has 0 aliphatic heterocycles. The van der Waals surface area contributed by atoms with Crippen LogP contribution in [0, 0.1) is 0 Å². The average molecular weight is 305 g/mol. The summed E-state index contributed by atoms with van der Waals surface area (Å²) in [6, 6.07) is 0. The summed E-state index contributed by atoms with van der Waals surface area (Å²) in [5.41, 5.74) is 0. The van der Waals surface area contributed by atoms with Crippen LogP contribution < -0.4 is 5.11 Å². The lowest BCUT2D eigenvalue weighted by atomic mass is 10.1. The highest BCUT2D eigenvalue weighted by Gasteiger charge is 1.86. The molecule has 0 saturated carbocycles. The van der Waals surface area contributed by atoms with Gasteiger partial charge in [0.25, 0.3) is 0 Å². The van der Waals surface area contributed by atoms with E-state index in [4.69, 9.17) is 0 Å². The number of unbranched alkanes of at least 4 members (excludes halogenated alkanes) is 7. The Bertz CT molecular complexity index is 327. The van der Waals surface area contributed by atoms with Crippen LogP contribution >= 0.6 is 0 Å². The first-order chi connectivity index (χ1) is 10.8. The fourth-order valence-electron chi connectivity index (χ4n) is 2.14. The van der Waals surface area contributed by atoms with Gasteiger partial charge in [-0.3, -0.25) is 0 Å². The molecule has 0 spiro atoms. The van der Waals surface area contributed by atoms with Gasteiger partial charge in [-0.2, -0.15) is 0 Å². The molecule has 0 saturated heterocycles. The van der Waals surface area contributed by atoms with Crippen LogP contribution in [0.4, 0.5) is 0 Å². The summed E-state index contributed by atoms with van der Waals surface area (Å²) in [6.45, 7) is 2.24. The van der Waals surface area contributed by atoms with Gasteiger partial charge < -0.3 is 9.90 Å². The molecule has 0 N–H and O–H groups in total. The van der Waals surface area contributed by atoms with Crippen LogP contribution in [0.2, 0.25) is 0 Å². The number of carboxylic acid groups (broad SMARTS) is 1. The minimum Gasteiger partial charge on any atom is -0.550 e. The zero-order valence-electron chi connectivity index (χ0n) is 14.3. The van der Waals surface area contributed by atoms with Gasteiger partial charge in [0.15, 0.2) is 0 Å². The van der Waals surface area contributed by atoms with Crippen molar-refractivity contribution in [2.45, 2.75) is 84.0 Å². The zero-order valence-corrected chi connectivity index (χ0v) is 14.3. The third kappa shape index (κ3) is 18.7. The Kier molecular flexibility index (Phi) is 16.7. The van der Waals surface area contributed by atoms with Crippen LogP contribution in [0.15, 0.2) is 36.5 Å². The molecule has 2 heteroatoms. The number of carbonyl (C=O) groups excluding carboxylic acids is 1. The second-order valence-corrected chi connectivity index (χ2v) is 5.69. The van der Waals surface area contributed by atoms with Crippen LogP contribution in [-0.4, -0.2) is 5.97 Å². The Morgan fingerprint density at radius 3 is 1.68 bits per heavy atom. The number of aliphatic carboxylic acids is 1. The quantitative estimate of drug-likeness (QED) is 0.312. The monoisotopic (exact) mass is 305 g/mol. The predicted octanol–water partition coefficient (Wildman–Crippen LogP) is 5.11. The highest BCUT2D eigenvalue weighted by Crippen LogP contribution is 2.04. The van der Waals surface area contributed by atoms with Gasteiger partial charge in [0.1, 0.15) is 0 Å². The lowest BCUT2D eigenvalue weighted by molar-refractivity contribution is -0.305. The third-order valence-electron chi connectivity index (χ3n) is 3.49. The van der Waals surface area contributed by atoms with Crippen molar-refractivity contribution in [3.05, 3.63) is 36.5 Å². The van der Waals surface area contributed by atoms with Gasteiger partial charge in [0.2, 0.25) is 0 Å². The van der Waals surface area contributed by atoms with Gasteiger partial charge in [0.05, 0.1) is 0 Å². The van der Waals surface area contributed by atoms with Crippen molar-refractivity contribution in [3.63, 3.8) is 0 Å². The minimum absolute atomic E-state index is 0.169. The summed E-state index contributed by atoms with van der Waals surface area (Å²) in [6.07, 6.45) is 26.0. The molecule has 0 heterocycles. The molecule has 0 rings (SSSR count). The maximum atomic E-state index is 10.2. The molecule has 0 radical (unpaired) electrons. The first-order valence-corrected chi connectivity index (χ1v) is 8.92. The molecule has 0 aromatic carbocycles. The van der Waals surface area contributed by atoms with Crippen molar-refractivity contribution < 1.29 is 9.90 Å². The number of carboxylic acids is 1. The summed E-state index contributed by atoms with van der Waals surface area (Å²) in [5.74, 6) is -0.948. The molecule has 0 aromatic rings. The van der Waals surface area contributed by atoms with Crippen molar-refractivity contribution in [3.8, 4) is 0 Å². The summed E-state index contributed by atoms with van der Waals surface area (Å²) >= 11 is 0. The molecule has 22 heavy (non-hydrogen) atoms. The molecule has 126 valence electrons. The summed E-state index contributed by atoms with van der Waals surface area (Å²) in [4.78, 5) is 10.2. The second kappa shape index (κ2) is 17.7. The fourth-order valence-corrected chi connectivity index (χ4v) is 2.14. The van der Waals surface area contributed by atoms with E-state index in [2.05, 4.69) is 43.4 Å². The molecule has 2 nitrogen and oxygen atoms in total. The molecule has 0 atom stereocenters. The van der Waals surface area contributed by atoms with Gasteiger partial charge in [0, 0.05) is 5.97 Å². The van der Waals surface area contributed by atoms with Gasteiger partial charge in [-0.15, -0.1) is 0 Å². The predicted molar refractivity (Wildman–Crippen MR) is 93.5 cm³/mol. The molecular weight excluding hydrogens is 272 g/mol. The van der Waals surface area contributed by atoms with E-state index >= 15 is 0 Å². The van der Waals surface area contributed by atoms with Gasteiger partial charge in [-0.05, 0) is 64.2 Å². The summed E-state index contributed by atoms with van der Waals surface area (Å²) in [5, 5.41) is 10.2. The Hall–Kier alpha value is -1.31. The highest BCUT2D eigenvalue weighted by molar-refractivity contribution is 5.64. The number of carbonyl (C=O) groups is 1. The van der Waals surface area contributed by atoms with E-state index in [0.29, 0.717) is 6.42 Å². The molecule has 0 amide bonds. The molecule has 0 aliphatic rings. The van der Waals surface area contributed by atoms with Crippen LogP contribution in [-0.2, 0) is 4.79 Å². The van der Waals surface area contributed by atoms with E-state index in [1.165, 1.54) is 38.5 Å². The average Bonchev–Trinajstić information content (AvgIpc) is 2.50. The largest absolute Gasteiger partial charge is 0.550 e.